The minimum Gasteiger partial charge on any atom is -0.305 e. The quantitative estimate of drug-likeness (QED) is 0.240. The Balaban J connectivity index is 1.22. The molecule has 2 aliphatic carbocycles. The van der Waals surface area contributed by atoms with Gasteiger partial charge in [-0.2, -0.15) is 0 Å². The molecular weight excluding hydrogens is 546 g/mol. The van der Waals surface area contributed by atoms with Crippen LogP contribution >= 0.6 is 11.3 Å². The summed E-state index contributed by atoms with van der Waals surface area (Å²) in [6.07, 6.45) is 5.30. The van der Waals surface area contributed by atoms with Crippen molar-refractivity contribution in [3.63, 3.8) is 0 Å². The number of benzene rings is 1. The van der Waals surface area contributed by atoms with Crippen LogP contribution < -0.4 is 15.7 Å². The lowest BCUT2D eigenvalue weighted by atomic mass is 10.1. The first-order valence-corrected chi connectivity index (χ1v) is 16.8. The normalized spacial score (nSPS) is 20.0. The monoisotopic (exact) mass is 587 g/mol. The van der Waals surface area contributed by atoms with E-state index in [1.165, 1.54) is 4.88 Å². The zero-order chi connectivity index (χ0) is 28.8. The van der Waals surface area contributed by atoms with E-state index in [1.807, 2.05) is 39.0 Å². The summed E-state index contributed by atoms with van der Waals surface area (Å²) in [5.74, 6) is 0.0801. The van der Waals surface area contributed by atoms with E-state index in [2.05, 4.69) is 28.9 Å². The topological polar surface area (TPSA) is 126 Å². The average molecular weight is 588 g/mol. The molecule has 9 nitrogen and oxygen atoms in total. The maximum Gasteiger partial charge on any atom is 0.326 e. The first-order chi connectivity index (χ1) is 19.0. The van der Waals surface area contributed by atoms with E-state index in [4.69, 9.17) is 4.98 Å². The van der Waals surface area contributed by atoms with Crippen LogP contribution in [-0.2, 0) is 21.2 Å². The van der Waals surface area contributed by atoms with Gasteiger partial charge in [0.05, 0.1) is 16.7 Å². The number of unbranched alkanes of at least 4 members (excludes halogenated alkanes) is 1. The van der Waals surface area contributed by atoms with E-state index in [0.29, 0.717) is 25.3 Å². The van der Waals surface area contributed by atoms with Gasteiger partial charge >= 0.3 is 5.69 Å². The number of aromatic nitrogens is 3. The van der Waals surface area contributed by atoms with Gasteiger partial charge in [-0.3, -0.25) is 19.4 Å². The van der Waals surface area contributed by atoms with Crippen LogP contribution in [0.1, 0.15) is 95.7 Å². The number of hydrogen-bond acceptors (Lipinski definition) is 7. The molecular formula is C29H41N5O4S2. The Morgan fingerprint density at radius 2 is 1.98 bits per heavy atom. The molecule has 40 heavy (non-hydrogen) atoms. The van der Waals surface area contributed by atoms with Crippen LogP contribution in [0.25, 0.3) is 21.6 Å². The van der Waals surface area contributed by atoms with Crippen LogP contribution in [0.15, 0.2) is 23.0 Å². The Morgan fingerprint density at radius 3 is 2.60 bits per heavy atom. The third-order valence-corrected chi connectivity index (χ3v) is 11.5. The number of sulfonamides is 1. The zero-order valence-corrected chi connectivity index (χ0v) is 25.7. The van der Waals surface area contributed by atoms with E-state index in [1.54, 1.807) is 15.9 Å². The molecule has 0 bridgehead atoms. The molecule has 0 saturated heterocycles. The van der Waals surface area contributed by atoms with Gasteiger partial charge in [-0.25, -0.2) is 18.2 Å². The first-order valence-electron chi connectivity index (χ1n) is 14.5. The molecule has 11 heteroatoms. The molecule has 5 rings (SSSR count). The molecule has 0 radical (unpaired) electrons. The van der Waals surface area contributed by atoms with Gasteiger partial charge < -0.3 is 4.98 Å². The number of rotatable bonds is 13. The highest BCUT2D eigenvalue weighted by molar-refractivity contribution is 7.91. The molecule has 3 aromatic rings. The van der Waals surface area contributed by atoms with Crippen LogP contribution in [0.4, 0.5) is 0 Å². The van der Waals surface area contributed by atoms with Crippen molar-refractivity contribution in [1.82, 2.24) is 24.6 Å². The minimum atomic E-state index is -3.74. The average Bonchev–Trinajstić information content (AvgIpc) is 3.78. The lowest BCUT2D eigenvalue weighted by Gasteiger charge is -2.18. The summed E-state index contributed by atoms with van der Waals surface area (Å²) in [5.41, 5.74) is 3.60. The number of H-pyrrole nitrogens is 1. The fourth-order valence-corrected chi connectivity index (χ4v) is 8.49. The summed E-state index contributed by atoms with van der Waals surface area (Å²) in [6, 6.07) is 6.01. The Hall–Kier alpha value is -2.50. The van der Waals surface area contributed by atoms with Gasteiger partial charge in [0.25, 0.3) is 10.0 Å². The van der Waals surface area contributed by atoms with Crippen LogP contribution in [0.3, 0.4) is 0 Å². The number of carbonyl (C=O) groups excluding carboxylic acids is 1. The molecule has 2 saturated carbocycles. The standard InChI is InChI=1S/C29H41N5O4S2/c1-6-19-16-21(19)26(35)33-40(37,38)29(13-14-29)30-15-8-7-12-23-24(17(2)3)31-27(39-23)20-10-9-11-22-25(20)32-28(36)34(22)18(4)5/h9-11,17-19,21,30H,6-8,12-16H2,1-5H3,(H,32,36)(H,33,35). The van der Waals surface area contributed by atoms with Crippen LogP contribution in [0.2, 0.25) is 0 Å². The van der Waals surface area contributed by atoms with E-state index in [9.17, 15) is 18.0 Å². The van der Waals surface area contributed by atoms with Gasteiger partial charge in [0.1, 0.15) is 9.88 Å². The second kappa shape index (κ2) is 11.1. The Labute approximate surface area is 240 Å². The van der Waals surface area contributed by atoms with Crippen LogP contribution in [0.5, 0.6) is 0 Å². The smallest absolute Gasteiger partial charge is 0.305 e. The largest absolute Gasteiger partial charge is 0.326 e. The number of fused-ring (bicyclic) bond motifs is 1. The number of aryl methyl sites for hydroxylation is 1. The van der Waals surface area contributed by atoms with Crippen molar-refractivity contribution in [2.75, 3.05) is 6.54 Å². The molecule has 2 aliphatic rings. The zero-order valence-electron chi connectivity index (χ0n) is 24.0. The molecule has 2 unspecified atom stereocenters. The number of nitrogens with zero attached hydrogens (tertiary/aromatic N) is 2. The van der Waals surface area contributed by atoms with Gasteiger partial charge in [-0.05, 0) is 82.9 Å². The van der Waals surface area contributed by atoms with Crippen molar-refractivity contribution in [3.05, 3.63) is 39.3 Å². The van der Waals surface area contributed by atoms with E-state index in [-0.39, 0.29) is 29.5 Å². The lowest BCUT2D eigenvalue weighted by molar-refractivity contribution is -0.120. The van der Waals surface area contributed by atoms with Crippen molar-refractivity contribution in [2.24, 2.45) is 11.8 Å². The summed E-state index contributed by atoms with van der Waals surface area (Å²) in [7, 11) is -3.74. The van der Waals surface area contributed by atoms with Crippen molar-refractivity contribution >= 4 is 38.3 Å². The van der Waals surface area contributed by atoms with Crippen LogP contribution in [-0.4, -0.2) is 40.3 Å². The number of para-hydroxylation sites is 1. The number of amides is 1. The van der Waals surface area contributed by atoms with Gasteiger partial charge in [-0.15, -0.1) is 11.3 Å². The van der Waals surface area contributed by atoms with Gasteiger partial charge in [0.2, 0.25) is 5.91 Å². The molecule has 2 atom stereocenters. The molecule has 218 valence electrons. The number of carbonyl (C=O) groups is 1. The molecule has 2 aromatic heterocycles. The summed E-state index contributed by atoms with van der Waals surface area (Å²) < 4.78 is 30.0. The molecule has 0 spiro atoms. The molecule has 2 fully saturated rings. The third kappa shape index (κ3) is 5.52. The summed E-state index contributed by atoms with van der Waals surface area (Å²) in [5, 5.41) is 4.14. The Bertz CT molecular complexity index is 1560. The Kier molecular flexibility index (Phi) is 8.02. The maximum atomic E-state index is 12.9. The van der Waals surface area contributed by atoms with E-state index < -0.39 is 14.9 Å². The van der Waals surface area contributed by atoms with Crippen LogP contribution in [0, 0.1) is 11.8 Å². The molecule has 1 aromatic carbocycles. The highest BCUT2D eigenvalue weighted by atomic mass is 32.2. The minimum absolute atomic E-state index is 0.0517. The van der Waals surface area contributed by atoms with E-state index in [0.717, 1.165) is 59.4 Å². The fraction of sp³-hybridized carbons (Fsp3) is 0.621. The van der Waals surface area contributed by atoms with Gasteiger partial charge in [-0.1, -0.05) is 33.3 Å². The molecule has 1 amide bonds. The third-order valence-electron chi connectivity index (χ3n) is 8.29. The fourth-order valence-electron chi connectivity index (χ4n) is 5.66. The number of hydrogen-bond donors (Lipinski definition) is 3. The number of aromatic amines is 1. The van der Waals surface area contributed by atoms with Crippen molar-refractivity contribution < 1.29 is 13.2 Å². The molecule has 2 heterocycles. The molecule has 0 aliphatic heterocycles. The summed E-state index contributed by atoms with van der Waals surface area (Å²) >= 11 is 1.67. The second-order valence-electron chi connectivity index (χ2n) is 11.9. The predicted molar refractivity (Wildman–Crippen MR) is 160 cm³/mol. The second-order valence-corrected chi connectivity index (χ2v) is 15.0. The maximum absolute atomic E-state index is 12.9. The van der Waals surface area contributed by atoms with E-state index >= 15 is 0 Å². The summed E-state index contributed by atoms with van der Waals surface area (Å²) in [4.78, 5) is 33.2. The van der Waals surface area contributed by atoms with Crippen molar-refractivity contribution in [1.29, 1.82) is 0 Å². The SMILES string of the molecule is CCC1CC1C(=O)NS(=O)(=O)C1(NCCCCc2sc(-c3cccc4c3[nH]c(=O)n4C(C)C)nc2C(C)C)CC1. The van der Waals surface area contributed by atoms with Crippen molar-refractivity contribution in [3.8, 4) is 10.6 Å². The Morgan fingerprint density at radius 1 is 1.23 bits per heavy atom. The predicted octanol–water partition coefficient (Wildman–Crippen LogP) is 5.05. The highest BCUT2D eigenvalue weighted by Gasteiger charge is 2.56. The number of imidazole rings is 1. The number of thiazole rings is 1. The van der Waals surface area contributed by atoms with Crippen molar-refractivity contribution in [2.45, 2.75) is 96.4 Å². The summed E-state index contributed by atoms with van der Waals surface area (Å²) in [6.45, 7) is 10.9. The number of nitrogens with one attached hydrogen (secondary N) is 3. The van der Waals surface area contributed by atoms with Gasteiger partial charge in [0, 0.05) is 22.4 Å². The first kappa shape index (κ1) is 29.0. The van der Waals surface area contributed by atoms with Gasteiger partial charge in [0.15, 0.2) is 0 Å². The molecule has 3 N–H and O–H groups in total. The lowest BCUT2D eigenvalue weighted by Crippen LogP contribution is -2.48. The highest BCUT2D eigenvalue weighted by Crippen LogP contribution is 2.44.